The molecule has 4 rings (SSSR count). The normalized spacial score (nSPS) is 18.3. The van der Waals surface area contributed by atoms with Gasteiger partial charge in [-0.15, -0.1) is 0 Å². The van der Waals surface area contributed by atoms with Crippen LogP contribution in [0.1, 0.15) is 36.0 Å². The summed E-state index contributed by atoms with van der Waals surface area (Å²) in [6.45, 7) is 4.84. The Morgan fingerprint density at radius 2 is 1.57 bits per heavy atom. The molecular weight excluding hydrogens is 402 g/mol. The van der Waals surface area contributed by atoms with Crippen LogP contribution in [0.5, 0.6) is 0 Å². The van der Waals surface area contributed by atoms with Crippen molar-refractivity contribution in [3.63, 3.8) is 0 Å². The number of carbonyl (C=O) groups is 2. The molecule has 2 aromatic rings. The monoisotopic (exact) mass is 429 g/mol. The van der Waals surface area contributed by atoms with Crippen LogP contribution in [0.4, 0.5) is 0 Å². The molecule has 1 N–H and O–H groups in total. The summed E-state index contributed by atoms with van der Waals surface area (Å²) in [7, 11) is 0. The van der Waals surface area contributed by atoms with E-state index in [0.717, 1.165) is 31.5 Å². The Hall–Kier alpha value is -2.38. The standard InChI is InChI=1S/C22H28ClN5O2/c23-18-7-5-17(6-8-18)21-19(15-24-25-21)22(30)28-13-11-26(12-14-28)16-20(29)27-9-3-1-2-4-10-27/h5-8,15H,1-4,9-14,16H2,(H,24,25). The number of benzene rings is 1. The van der Waals surface area contributed by atoms with E-state index in [9.17, 15) is 9.59 Å². The van der Waals surface area contributed by atoms with Gasteiger partial charge in [0.15, 0.2) is 0 Å². The fourth-order valence-electron chi connectivity index (χ4n) is 4.18. The van der Waals surface area contributed by atoms with Gasteiger partial charge in [0.1, 0.15) is 0 Å². The average molecular weight is 430 g/mol. The summed E-state index contributed by atoms with van der Waals surface area (Å²) in [5.41, 5.74) is 2.14. The number of piperazine rings is 1. The smallest absolute Gasteiger partial charge is 0.257 e. The van der Waals surface area contributed by atoms with Gasteiger partial charge >= 0.3 is 0 Å². The van der Waals surface area contributed by atoms with E-state index in [1.807, 2.05) is 21.9 Å². The molecule has 1 aromatic carbocycles. The zero-order valence-corrected chi connectivity index (χ0v) is 17.9. The van der Waals surface area contributed by atoms with Crippen LogP contribution >= 0.6 is 11.6 Å². The molecular formula is C22H28ClN5O2. The number of hydrogen-bond acceptors (Lipinski definition) is 4. The Bertz CT molecular complexity index is 866. The zero-order chi connectivity index (χ0) is 20.9. The third kappa shape index (κ3) is 4.84. The highest BCUT2D eigenvalue weighted by Crippen LogP contribution is 2.24. The van der Waals surface area contributed by atoms with Gasteiger partial charge in [0, 0.05) is 49.9 Å². The minimum absolute atomic E-state index is 0.0350. The van der Waals surface area contributed by atoms with Gasteiger partial charge in [0.05, 0.1) is 24.0 Å². The Labute approximate surface area is 182 Å². The van der Waals surface area contributed by atoms with Crippen molar-refractivity contribution in [1.82, 2.24) is 24.9 Å². The second kappa shape index (κ2) is 9.62. The fourth-order valence-corrected chi connectivity index (χ4v) is 4.30. The molecule has 0 unspecified atom stereocenters. The molecule has 7 nitrogen and oxygen atoms in total. The summed E-state index contributed by atoms with van der Waals surface area (Å²) in [5.74, 6) is 0.184. The first-order valence-electron chi connectivity index (χ1n) is 10.7. The predicted octanol–water partition coefficient (Wildman–Crippen LogP) is 2.89. The number of hydrogen-bond donors (Lipinski definition) is 1. The summed E-state index contributed by atoms with van der Waals surface area (Å²) in [6.07, 6.45) is 6.23. The van der Waals surface area contributed by atoms with Gasteiger partial charge in [0.2, 0.25) is 5.91 Å². The Morgan fingerprint density at radius 3 is 2.23 bits per heavy atom. The summed E-state index contributed by atoms with van der Waals surface area (Å²) in [4.78, 5) is 31.7. The third-order valence-corrected chi connectivity index (χ3v) is 6.23. The van der Waals surface area contributed by atoms with Gasteiger partial charge in [-0.3, -0.25) is 19.6 Å². The van der Waals surface area contributed by atoms with Crippen molar-refractivity contribution in [2.45, 2.75) is 25.7 Å². The summed E-state index contributed by atoms with van der Waals surface area (Å²) >= 11 is 5.97. The molecule has 0 atom stereocenters. The zero-order valence-electron chi connectivity index (χ0n) is 17.1. The van der Waals surface area contributed by atoms with E-state index in [2.05, 4.69) is 15.1 Å². The first-order valence-corrected chi connectivity index (χ1v) is 11.1. The minimum Gasteiger partial charge on any atom is -0.342 e. The molecule has 160 valence electrons. The highest BCUT2D eigenvalue weighted by Gasteiger charge is 2.27. The van der Waals surface area contributed by atoms with Gasteiger partial charge in [-0.1, -0.05) is 36.6 Å². The van der Waals surface area contributed by atoms with Gasteiger partial charge in [-0.2, -0.15) is 5.10 Å². The quantitative estimate of drug-likeness (QED) is 0.811. The van der Waals surface area contributed by atoms with Gasteiger partial charge in [0.25, 0.3) is 5.91 Å². The van der Waals surface area contributed by atoms with Crippen LogP contribution in [0.15, 0.2) is 30.5 Å². The van der Waals surface area contributed by atoms with Crippen LogP contribution in [-0.2, 0) is 4.79 Å². The number of nitrogens with zero attached hydrogens (tertiary/aromatic N) is 4. The maximum Gasteiger partial charge on any atom is 0.257 e. The van der Waals surface area contributed by atoms with Crippen molar-refractivity contribution in [1.29, 1.82) is 0 Å². The summed E-state index contributed by atoms with van der Waals surface area (Å²) in [6, 6.07) is 7.34. The first kappa shape index (κ1) is 20.9. The molecule has 1 aromatic heterocycles. The number of halogens is 1. The lowest BCUT2D eigenvalue weighted by atomic mass is 10.1. The first-order chi connectivity index (χ1) is 14.6. The van der Waals surface area contributed by atoms with Crippen LogP contribution in [0, 0.1) is 0 Å². The fraction of sp³-hybridized carbons (Fsp3) is 0.500. The maximum atomic E-state index is 13.1. The molecule has 8 heteroatoms. The molecule has 0 saturated carbocycles. The van der Waals surface area contributed by atoms with E-state index in [0.29, 0.717) is 49.0 Å². The molecule has 0 bridgehead atoms. The molecule has 0 radical (unpaired) electrons. The molecule has 2 saturated heterocycles. The number of amides is 2. The van der Waals surface area contributed by atoms with Crippen LogP contribution in [0.3, 0.4) is 0 Å². The predicted molar refractivity (Wildman–Crippen MR) is 116 cm³/mol. The van der Waals surface area contributed by atoms with Gasteiger partial charge in [-0.25, -0.2) is 0 Å². The van der Waals surface area contributed by atoms with Crippen LogP contribution in [0.25, 0.3) is 11.3 Å². The molecule has 3 heterocycles. The van der Waals surface area contributed by atoms with Crippen molar-refractivity contribution in [3.05, 3.63) is 41.0 Å². The van der Waals surface area contributed by atoms with E-state index < -0.39 is 0 Å². The second-order valence-corrected chi connectivity index (χ2v) is 8.47. The highest BCUT2D eigenvalue weighted by molar-refractivity contribution is 6.30. The lowest BCUT2D eigenvalue weighted by Crippen LogP contribution is -2.51. The number of likely N-dealkylation sites (tertiary alicyclic amines) is 1. The van der Waals surface area contributed by atoms with E-state index in [1.54, 1.807) is 18.3 Å². The molecule has 2 aliphatic heterocycles. The lowest BCUT2D eigenvalue weighted by molar-refractivity contribution is -0.132. The largest absolute Gasteiger partial charge is 0.342 e. The SMILES string of the molecule is O=C(CN1CCN(C(=O)c2cn[nH]c2-c2ccc(Cl)cc2)CC1)N1CCCCCC1. The van der Waals surface area contributed by atoms with Gasteiger partial charge in [-0.05, 0) is 25.0 Å². The number of carbonyl (C=O) groups excluding carboxylic acids is 2. The minimum atomic E-state index is -0.0350. The number of aromatic amines is 1. The Morgan fingerprint density at radius 1 is 0.900 bits per heavy atom. The van der Waals surface area contributed by atoms with Crippen molar-refractivity contribution >= 4 is 23.4 Å². The highest BCUT2D eigenvalue weighted by atomic mass is 35.5. The molecule has 30 heavy (non-hydrogen) atoms. The number of rotatable bonds is 4. The number of H-pyrrole nitrogens is 1. The molecule has 2 aliphatic rings. The van der Waals surface area contributed by atoms with Crippen molar-refractivity contribution in [2.75, 3.05) is 45.8 Å². The van der Waals surface area contributed by atoms with Gasteiger partial charge < -0.3 is 9.80 Å². The van der Waals surface area contributed by atoms with E-state index in [1.165, 1.54) is 12.8 Å². The maximum absolute atomic E-state index is 13.1. The van der Waals surface area contributed by atoms with Crippen LogP contribution in [0.2, 0.25) is 5.02 Å². The Kier molecular flexibility index (Phi) is 6.69. The molecule has 2 fully saturated rings. The van der Waals surface area contributed by atoms with Crippen molar-refractivity contribution < 1.29 is 9.59 Å². The molecule has 0 aliphatic carbocycles. The number of aromatic nitrogens is 2. The topological polar surface area (TPSA) is 72.5 Å². The summed E-state index contributed by atoms with van der Waals surface area (Å²) < 4.78 is 0. The number of nitrogens with one attached hydrogen (secondary N) is 1. The van der Waals surface area contributed by atoms with Crippen molar-refractivity contribution in [3.8, 4) is 11.3 Å². The van der Waals surface area contributed by atoms with E-state index in [-0.39, 0.29) is 11.8 Å². The van der Waals surface area contributed by atoms with E-state index >= 15 is 0 Å². The van der Waals surface area contributed by atoms with Crippen LogP contribution < -0.4 is 0 Å². The Balaban J connectivity index is 1.33. The van der Waals surface area contributed by atoms with E-state index in [4.69, 9.17) is 11.6 Å². The summed E-state index contributed by atoms with van der Waals surface area (Å²) in [5, 5.41) is 7.67. The van der Waals surface area contributed by atoms with Crippen LogP contribution in [-0.4, -0.2) is 82.5 Å². The third-order valence-electron chi connectivity index (χ3n) is 5.98. The second-order valence-electron chi connectivity index (χ2n) is 8.03. The molecule has 0 spiro atoms. The lowest BCUT2D eigenvalue weighted by Gasteiger charge is -2.35. The molecule has 2 amide bonds. The van der Waals surface area contributed by atoms with Crippen molar-refractivity contribution in [2.24, 2.45) is 0 Å². The average Bonchev–Trinajstić information content (AvgIpc) is 3.08.